The van der Waals surface area contributed by atoms with Crippen molar-refractivity contribution >= 4 is 11.6 Å². The lowest BCUT2D eigenvalue weighted by molar-refractivity contribution is -0.118. The van der Waals surface area contributed by atoms with E-state index in [2.05, 4.69) is 19.2 Å². The van der Waals surface area contributed by atoms with E-state index in [0.29, 0.717) is 23.8 Å². The fourth-order valence-electron chi connectivity index (χ4n) is 2.18. The summed E-state index contributed by atoms with van der Waals surface area (Å²) in [5.41, 5.74) is 1.91. The van der Waals surface area contributed by atoms with Crippen LogP contribution in [0.3, 0.4) is 0 Å². The van der Waals surface area contributed by atoms with Gasteiger partial charge < -0.3 is 14.8 Å². The molecule has 0 fully saturated rings. The molecule has 4 nitrogen and oxygen atoms in total. The van der Waals surface area contributed by atoms with Gasteiger partial charge in [-0.15, -0.1) is 0 Å². The van der Waals surface area contributed by atoms with E-state index in [4.69, 9.17) is 9.47 Å². The molecule has 24 heavy (non-hydrogen) atoms. The fraction of sp³-hybridized carbons (Fsp3) is 0.350. The smallest absolute Gasteiger partial charge is 0.262 e. The van der Waals surface area contributed by atoms with Crippen molar-refractivity contribution in [1.82, 2.24) is 0 Å². The molecular formula is C20H25NO3. The van der Waals surface area contributed by atoms with Gasteiger partial charge in [0.05, 0.1) is 12.3 Å². The van der Waals surface area contributed by atoms with Gasteiger partial charge in [-0.1, -0.05) is 44.5 Å². The number of hydrogen-bond acceptors (Lipinski definition) is 3. The summed E-state index contributed by atoms with van der Waals surface area (Å²) >= 11 is 0. The van der Waals surface area contributed by atoms with Crippen molar-refractivity contribution < 1.29 is 14.3 Å². The van der Waals surface area contributed by atoms with E-state index < -0.39 is 0 Å². The van der Waals surface area contributed by atoms with Crippen LogP contribution in [0.15, 0.2) is 48.5 Å². The van der Waals surface area contributed by atoms with Crippen LogP contribution in [-0.4, -0.2) is 19.1 Å². The van der Waals surface area contributed by atoms with Crippen LogP contribution in [0.5, 0.6) is 11.5 Å². The Bertz CT molecular complexity index is 638. The van der Waals surface area contributed by atoms with Crippen LogP contribution in [0.1, 0.15) is 32.3 Å². The SMILES string of the molecule is CCCCOc1ccccc1NC(=O)COc1ccc(CC)cc1. The summed E-state index contributed by atoms with van der Waals surface area (Å²) in [4.78, 5) is 12.1. The van der Waals surface area contributed by atoms with Gasteiger partial charge in [-0.3, -0.25) is 4.79 Å². The predicted octanol–water partition coefficient (Wildman–Crippen LogP) is 4.45. The molecular weight excluding hydrogens is 302 g/mol. The van der Waals surface area contributed by atoms with E-state index in [1.807, 2.05) is 48.5 Å². The predicted molar refractivity (Wildman–Crippen MR) is 96.8 cm³/mol. The number of aryl methyl sites for hydroxylation is 1. The van der Waals surface area contributed by atoms with Crippen molar-refractivity contribution in [2.24, 2.45) is 0 Å². The Balaban J connectivity index is 1.87. The third kappa shape index (κ3) is 5.61. The van der Waals surface area contributed by atoms with E-state index >= 15 is 0 Å². The Hall–Kier alpha value is -2.49. The Labute approximate surface area is 143 Å². The van der Waals surface area contributed by atoms with Crippen molar-refractivity contribution in [2.45, 2.75) is 33.1 Å². The van der Waals surface area contributed by atoms with Crippen LogP contribution in [0.2, 0.25) is 0 Å². The number of nitrogens with one attached hydrogen (secondary N) is 1. The second-order valence-electron chi connectivity index (χ2n) is 5.53. The first-order valence-corrected chi connectivity index (χ1v) is 8.46. The molecule has 0 saturated heterocycles. The summed E-state index contributed by atoms with van der Waals surface area (Å²) in [6.07, 6.45) is 3.04. The molecule has 0 bridgehead atoms. The molecule has 0 heterocycles. The van der Waals surface area contributed by atoms with Gasteiger partial charge in [-0.05, 0) is 42.7 Å². The number of carbonyl (C=O) groups is 1. The van der Waals surface area contributed by atoms with E-state index in [-0.39, 0.29) is 12.5 Å². The average molecular weight is 327 g/mol. The molecule has 0 aliphatic heterocycles. The highest BCUT2D eigenvalue weighted by molar-refractivity contribution is 5.93. The first kappa shape index (κ1) is 17.9. The molecule has 2 aromatic rings. The van der Waals surface area contributed by atoms with Crippen molar-refractivity contribution in [3.05, 3.63) is 54.1 Å². The zero-order valence-corrected chi connectivity index (χ0v) is 14.4. The van der Waals surface area contributed by atoms with Gasteiger partial charge in [-0.25, -0.2) is 0 Å². The van der Waals surface area contributed by atoms with Crippen molar-refractivity contribution in [3.63, 3.8) is 0 Å². The summed E-state index contributed by atoms with van der Waals surface area (Å²) in [6.45, 7) is 4.82. The first-order chi connectivity index (χ1) is 11.7. The van der Waals surface area contributed by atoms with E-state index in [0.717, 1.165) is 19.3 Å². The molecule has 1 N–H and O–H groups in total. The minimum absolute atomic E-state index is 0.0330. The number of rotatable bonds is 9. The highest BCUT2D eigenvalue weighted by Crippen LogP contribution is 2.24. The second-order valence-corrected chi connectivity index (χ2v) is 5.53. The first-order valence-electron chi connectivity index (χ1n) is 8.46. The van der Waals surface area contributed by atoms with Crippen molar-refractivity contribution in [3.8, 4) is 11.5 Å². The van der Waals surface area contributed by atoms with Crippen LogP contribution < -0.4 is 14.8 Å². The zero-order chi connectivity index (χ0) is 17.2. The lowest BCUT2D eigenvalue weighted by Gasteiger charge is -2.12. The molecule has 2 aromatic carbocycles. The topological polar surface area (TPSA) is 47.6 Å². The van der Waals surface area contributed by atoms with Crippen molar-refractivity contribution in [2.75, 3.05) is 18.5 Å². The number of benzene rings is 2. The van der Waals surface area contributed by atoms with Gasteiger partial charge in [-0.2, -0.15) is 0 Å². The van der Waals surface area contributed by atoms with E-state index in [1.54, 1.807) is 0 Å². The number of hydrogen-bond donors (Lipinski definition) is 1. The quantitative estimate of drug-likeness (QED) is 0.692. The summed E-state index contributed by atoms with van der Waals surface area (Å²) < 4.78 is 11.2. The minimum atomic E-state index is -0.207. The molecule has 2 rings (SSSR count). The molecule has 0 saturated carbocycles. The number of unbranched alkanes of at least 4 members (excludes halogenated alkanes) is 1. The monoisotopic (exact) mass is 327 g/mol. The highest BCUT2D eigenvalue weighted by Gasteiger charge is 2.08. The van der Waals surface area contributed by atoms with Gasteiger partial charge in [0.2, 0.25) is 0 Å². The fourth-order valence-corrected chi connectivity index (χ4v) is 2.18. The van der Waals surface area contributed by atoms with Crippen LogP contribution in [0.25, 0.3) is 0 Å². The average Bonchev–Trinajstić information content (AvgIpc) is 2.62. The van der Waals surface area contributed by atoms with E-state index in [1.165, 1.54) is 5.56 Å². The number of anilines is 1. The largest absolute Gasteiger partial charge is 0.491 e. The van der Waals surface area contributed by atoms with Gasteiger partial charge in [0, 0.05) is 0 Å². The van der Waals surface area contributed by atoms with Gasteiger partial charge in [0.15, 0.2) is 6.61 Å². The van der Waals surface area contributed by atoms with Gasteiger partial charge in [0.25, 0.3) is 5.91 Å². The molecule has 0 spiro atoms. The molecule has 0 aromatic heterocycles. The van der Waals surface area contributed by atoms with Gasteiger partial charge in [0.1, 0.15) is 11.5 Å². The maximum absolute atomic E-state index is 12.1. The molecule has 0 unspecified atom stereocenters. The lowest BCUT2D eigenvalue weighted by atomic mass is 10.2. The summed E-state index contributed by atoms with van der Waals surface area (Å²) in [5.74, 6) is 1.17. The Morgan fingerprint density at radius 1 is 1.00 bits per heavy atom. The second kappa shape index (κ2) is 9.60. The number of carbonyl (C=O) groups excluding carboxylic acids is 1. The highest BCUT2D eigenvalue weighted by atomic mass is 16.5. The molecule has 1 amide bonds. The summed E-state index contributed by atoms with van der Waals surface area (Å²) in [5, 5.41) is 2.84. The number of ether oxygens (including phenoxy) is 2. The lowest BCUT2D eigenvalue weighted by Crippen LogP contribution is -2.20. The standard InChI is InChI=1S/C20H25NO3/c1-3-5-14-23-19-9-7-6-8-18(19)21-20(22)15-24-17-12-10-16(4-2)11-13-17/h6-13H,3-5,14-15H2,1-2H3,(H,21,22). The Morgan fingerprint density at radius 2 is 1.75 bits per heavy atom. The number of para-hydroxylation sites is 2. The van der Waals surface area contributed by atoms with Crippen LogP contribution in [0, 0.1) is 0 Å². The Kier molecular flexibility index (Phi) is 7.15. The molecule has 0 aliphatic carbocycles. The summed E-state index contributed by atoms with van der Waals surface area (Å²) in [7, 11) is 0. The van der Waals surface area contributed by atoms with Crippen LogP contribution in [0.4, 0.5) is 5.69 Å². The maximum Gasteiger partial charge on any atom is 0.262 e. The zero-order valence-electron chi connectivity index (χ0n) is 14.4. The molecule has 0 aliphatic rings. The normalized spacial score (nSPS) is 10.2. The van der Waals surface area contributed by atoms with Crippen molar-refractivity contribution in [1.29, 1.82) is 0 Å². The molecule has 0 atom stereocenters. The van der Waals surface area contributed by atoms with Gasteiger partial charge >= 0.3 is 0 Å². The van der Waals surface area contributed by atoms with Crippen LogP contribution in [-0.2, 0) is 11.2 Å². The number of amides is 1. The van der Waals surface area contributed by atoms with Crippen LogP contribution >= 0.6 is 0 Å². The van der Waals surface area contributed by atoms with E-state index in [9.17, 15) is 4.79 Å². The third-order valence-electron chi connectivity index (χ3n) is 3.62. The summed E-state index contributed by atoms with van der Waals surface area (Å²) in [6, 6.07) is 15.2. The molecule has 4 heteroatoms. The molecule has 128 valence electrons. The third-order valence-corrected chi connectivity index (χ3v) is 3.62. The molecule has 0 radical (unpaired) electrons. The minimum Gasteiger partial charge on any atom is -0.491 e. The maximum atomic E-state index is 12.1. The Morgan fingerprint density at radius 3 is 2.46 bits per heavy atom.